The van der Waals surface area contributed by atoms with Crippen LogP contribution in [0, 0.1) is 5.82 Å². The molecule has 3 N–H and O–H groups in total. The monoisotopic (exact) mass is 316 g/mol. The molecule has 1 aliphatic rings. The summed E-state index contributed by atoms with van der Waals surface area (Å²) >= 11 is 0. The molecule has 1 saturated heterocycles. The lowest BCUT2D eigenvalue weighted by molar-refractivity contribution is -0.119. The molecule has 116 valence electrons. The summed E-state index contributed by atoms with van der Waals surface area (Å²) in [5.41, 5.74) is 5.49. The van der Waals surface area contributed by atoms with E-state index in [1.54, 1.807) is 0 Å². The van der Waals surface area contributed by atoms with Gasteiger partial charge in [0.15, 0.2) is 9.84 Å². The Bertz CT molecular complexity index is 627. The maximum absolute atomic E-state index is 13.6. The molecule has 0 aliphatic carbocycles. The minimum atomic E-state index is -4.03. The average molecular weight is 316 g/mol. The lowest BCUT2D eigenvalue weighted by Gasteiger charge is -2.23. The SMILES string of the molecule is Nc1ccc(S(=O)(=O)CC(=O)NC2CCOCC2)c(F)c1. The number of anilines is 1. The van der Waals surface area contributed by atoms with Crippen molar-refractivity contribution in [3.8, 4) is 0 Å². The first-order valence-corrected chi connectivity index (χ1v) is 8.18. The van der Waals surface area contributed by atoms with Gasteiger partial charge in [-0.1, -0.05) is 0 Å². The van der Waals surface area contributed by atoms with Crippen molar-refractivity contribution in [2.75, 3.05) is 24.7 Å². The maximum atomic E-state index is 13.6. The summed E-state index contributed by atoms with van der Waals surface area (Å²) in [6.45, 7) is 1.06. The first-order valence-electron chi connectivity index (χ1n) is 6.53. The molecule has 1 aromatic carbocycles. The number of ether oxygens (including phenoxy) is 1. The van der Waals surface area contributed by atoms with Gasteiger partial charge in [-0.3, -0.25) is 4.79 Å². The Balaban J connectivity index is 2.04. The van der Waals surface area contributed by atoms with Gasteiger partial charge in [-0.25, -0.2) is 12.8 Å². The van der Waals surface area contributed by atoms with Crippen LogP contribution in [0.4, 0.5) is 10.1 Å². The number of nitrogen functional groups attached to an aromatic ring is 1. The van der Waals surface area contributed by atoms with E-state index in [2.05, 4.69) is 5.32 Å². The molecular weight excluding hydrogens is 299 g/mol. The highest BCUT2D eigenvalue weighted by Crippen LogP contribution is 2.18. The molecule has 0 bridgehead atoms. The molecule has 21 heavy (non-hydrogen) atoms. The molecule has 0 saturated carbocycles. The summed E-state index contributed by atoms with van der Waals surface area (Å²) in [7, 11) is -4.03. The second-order valence-corrected chi connectivity index (χ2v) is 6.86. The van der Waals surface area contributed by atoms with Gasteiger partial charge in [-0.15, -0.1) is 0 Å². The van der Waals surface area contributed by atoms with E-state index in [1.165, 1.54) is 6.07 Å². The van der Waals surface area contributed by atoms with Gasteiger partial charge in [0.1, 0.15) is 16.5 Å². The predicted octanol–water partition coefficient (Wildman–Crippen LogP) is 0.477. The quantitative estimate of drug-likeness (QED) is 0.787. The van der Waals surface area contributed by atoms with Crippen molar-refractivity contribution in [1.29, 1.82) is 0 Å². The van der Waals surface area contributed by atoms with E-state index in [0.29, 0.717) is 26.1 Å². The molecular formula is C13H17FN2O4S. The van der Waals surface area contributed by atoms with Crippen LogP contribution in [0.5, 0.6) is 0 Å². The molecule has 1 aliphatic heterocycles. The summed E-state index contributed by atoms with van der Waals surface area (Å²) in [4.78, 5) is 11.3. The number of nitrogens with two attached hydrogens (primary N) is 1. The summed E-state index contributed by atoms with van der Waals surface area (Å²) in [5, 5.41) is 2.63. The number of nitrogens with one attached hydrogen (secondary N) is 1. The zero-order valence-corrected chi connectivity index (χ0v) is 12.2. The summed E-state index contributed by atoms with van der Waals surface area (Å²) in [6, 6.07) is 3.18. The second kappa shape index (κ2) is 6.40. The number of hydrogen-bond donors (Lipinski definition) is 2. The van der Waals surface area contributed by atoms with Gasteiger partial charge >= 0.3 is 0 Å². The average Bonchev–Trinajstić information content (AvgIpc) is 2.38. The van der Waals surface area contributed by atoms with E-state index in [0.717, 1.165) is 12.1 Å². The fourth-order valence-corrected chi connectivity index (χ4v) is 3.35. The van der Waals surface area contributed by atoms with Crippen molar-refractivity contribution < 1.29 is 22.3 Å². The van der Waals surface area contributed by atoms with Gasteiger partial charge in [0.2, 0.25) is 5.91 Å². The van der Waals surface area contributed by atoms with Crippen LogP contribution in [0.3, 0.4) is 0 Å². The van der Waals surface area contributed by atoms with Gasteiger partial charge < -0.3 is 15.8 Å². The Morgan fingerprint density at radius 2 is 2.05 bits per heavy atom. The number of sulfone groups is 1. The first-order chi connectivity index (χ1) is 9.88. The van der Waals surface area contributed by atoms with Crippen LogP contribution in [0.15, 0.2) is 23.1 Å². The highest BCUT2D eigenvalue weighted by atomic mass is 32.2. The third-order valence-corrected chi connectivity index (χ3v) is 4.84. The smallest absolute Gasteiger partial charge is 0.235 e. The largest absolute Gasteiger partial charge is 0.399 e. The van der Waals surface area contributed by atoms with Gasteiger partial charge in [0.25, 0.3) is 0 Å². The molecule has 0 radical (unpaired) electrons. The highest BCUT2D eigenvalue weighted by Gasteiger charge is 2.25. The topological polar surface area (TPSA) is 98.5 Å². The summed E-state index contributed by atoms with van der Waals surface area (Å²) < 4.78 is 42.9. The molecule has 2 rings (SSSR count). The van der Waals surface area contributed by atoms with Gasteiger partial charge in [0.05, 0.1) is 0 Å². The van der Waals surface area contributed by atoms with Crippen molar-refractivity contribution in [3.63, 3.8) is 0 Å². The van der Waals surface area contributed by atoms with Crippen molar-refractivity contribution in [2.45, 2.75) is 23.8 Å². The van der Waals surface area contributed by atoms with Crippen molar-refractivity contribution in [3.05, 3.63) is 24.0 Å². The Hall–Kier alpha value is -1.67. The third kappa shape index (κ3) is 4.15. The van der Waals surface area contributed by atoms with E-state index in [1.807, 2.05) is 0 Å². The zero-order chi connectivity index (χ0) is 15.5. The Morgan fingerprint density at radius 1 is 1.38 bits per heavy atom. The fourth-order valence-electron chi connectivity index (χ4n) is 2.13. The molecule has 6 nitrogen and oxygen atoms in total. The second-order valence-electron chi connectivity index (χ2n) is 4.90. The molecule has 1 fully saturated rings. The number of rotatable bonds is 4. The maximum Gasteiger partial charge on any atom is 0.235 e. The minimum absolute atomic E-state index is 0.0993. The lowest BCUT2D eigenvalue weighted by atomic mass is 10.1. The van der Waals surface area contributed by atoms with Gasteiger partial charge in [-0.2, -0.15) is 0 Å². The number of amides is 1. The van der Waals surface area contributed by atoms with E-state index in [-0.39, 0.29) is 11.7 Å². The van der Waals surface area contributed by atoms with Crippen LogP contribution in [0.2, 0.25) is 0 Å². The number of benzene rings is 1. The zero-order valence-electron chi connectivity index (χ0n) is 11.3. The van der Waals surface area contributed by atoms with Crippen LogP contribution >= 0.6 is 0 Å². The molecule has 0 atom stereocenters. The summed E-state index contributed by atoms with van der Waals surface area (Å²) in [6.07, 6.45) is 1.28. The lowest BCUT2D eigenvalue weighted by Crippen LogP contribution is -2.41. The standard InChI is InChI=1S/C13H17FN2O4S/c14-11-7-9(15)1-2-12(11)21(18,19)8-13(17)16-10-3-5-20-6-4-10/h1-2,7,10H,3-6,8,15H2,(H,16,17). The highest BCUT2D eigenvalue weighted by molar-refractivity contribution is 7.92. The van der Waals surface area contributed by atoms with E-state index in [4.69, 9.17) is 10.5 Å². The number of halogens is 1. The predicted molar refractivity (Wildman–Crippen MR) is 74.8 cm³/mol. The van der Waals surface area contributed by atoms with Crippen molar-refractivity contribution in [2.24, 2.45) is 0 Å². The van der Waals surface area contributed by atoms with Crippen molar-refractivity contribution in [1.82, 2.24) is 5.32 Å². The van der Waals surface area contributed by atoms with Gasteiger partial charge in [0, 0.05) is 24.9 Å². The number of hydrogen-bond acceptors (Lipinski definition) is 5. The van der Waals surface area contributed by atoms with Crippen LogP contribution in [0.25, 0.3) is 0 Å². The van der Waals surface area contributed by atoms with Crippen molar-refractivity contribution >= 4 is 21.4 Å². The van der Waals surface area contributed by atoms with Crippen LogP contribution < -0.4 is 11.1 Å². The minimum Gasteiger partial charge on any atom is -0.399 e. The molecule has 0 spiro atoms. The van der Waals surface area contributed by atoms with Crippen LogP contribution in [0.1, 0.15) is 12.8 Å². The van der Waals surface area contributed by atoms with Crippen LogP contribution in [-0.2, 0) is 19.4 Å². The third-order valence-electron chi connectivity index (χ3n) is 3.20. The molecule has 1 aromatic rings. The molecule has 0 aromatic heterocycles. The first kappa shape index (κ1) is 15.7. The van der Waals surface area contributed by atoms with Crippen LogP contribution in [-0.4, -0.2) is 39.3 Å². The van der Waals surface area contributed by atoms with E-state index >= 15 is 0 Å². The fraction of sp³-hybridized carbons (Fsp3) is 0.462. The molecule has 1 amide bonds. The Kier molecular flexibility index (Phi) is 4.79. The molecule has 8 heteroatoms. The van der Waals surface area contributed by atoms with E-state index in [9.17, 15) is 17.6 Å². The van der Waals surface area contributed by atoms with Gasteiger partial charge in [-0.05, 0) is 31.0 Å². The Labute approximate surface area is 122 Å². The number of carbonyl (C=O) groups is 1. The number of carbonyl (C=O) groups excluding carboxylic acids is 1. The Morgan fingerprint density at radius 3 is 2.67 bits per heavy atom. The molecule has 0 unspecified atom stereocenters. The normalized spacial score (nSPS) is 16.6. The summed E-state index contributed by atoms with van der Waals surface area (Å²) in [5.74, 6) is -2.38. The molecule has 1 heterocycles. The van der Waals surface area contributed by atoms with E-state index < -0.39 is 32.2 Å².